The molecule has 0 aromatic heterocycles. The summed E-state index contributed by atoms with van der Waals surface area (Å²) in [6.07, 6.45) is 8.23. The van der Waals surface area contributed by atoms with Crippen molar-refractivity contribution in [3.05, 3.63) is 64.2 Å². The number of aryl methyl sites for hydroxylation is 2. The monoisotopic (exact) mass is 487 g/mol. The van der Waals surface area contributed by atoms with E-state index in [4.69, 9.17) is 0 Å². The molecule has 2 rings (SSSR count). The van der Waals surface area contributed by atoms with Crippen molar-refractivity contribution in [3.63, 3.8) is 0 Å². The summed E-state index contributed by atoms with van der Waals surface area (Å²) in [5.41, 5.74) is 7.07. The maximum atomic E-state index is 2.25. The van der Waals surface area contributed by atoms with Crippen molar-refractivity contribution in [2.24, 2.45) is 0 Å². The Morgan fingerprint density at radius 1 is 1.15 bits per heavy atom. The number of unbranched alkanes of at least 4 members (excludes halogenated alkanes) is 2. The fraction of sp³-hybridized carbons (Fsp3) is 0.455. The van der Waals surface area contributed by atoms with Crippen LogP contribution in [0.4, 0.5) is 0 Å². The normalized spacial score (nSPS) is 8.88. The Morgan fingerprint density at radius 2 is 1.73 bits per heavy atom. The molecule has 2 aromatic carbocycles. The molecule has 2 aromatic rings. The largest absolute Gasteiger partial charge is 4.00 e. The van der Waals surface area contributed by atoms with Gasteiger partial charge in [0, 0.05) is 9.52 Å². The number of allylic oxidation sites excluding steroid dienone is 1. The van der Waals surface area contributed by atoms with Crippen molar-refractivity contribution in [3.8, 4) is 0 Å². The summed E-state index contributed by atoms with van der Waals surface area (Å²) in [4.78, 5) is 0. The van der Waals surface area contributed by atoms with E-state index < -0.39 is 0 Å². The van der Waals surface area contributed by atoms with Crippen LogP contribution in [-0.2, 0) is 26.2 Å². The first-order valence-corrected chi connectivity index (χ1v) is 11.1. The minimum Gasteiger partial charge on any atom is -1.00 e. The summed E-state index contributed by atoms with van der Waals surface area (Å²) in [6, 6.07) is 10.6. The molecule has 0 saturated carbocycles. The summed E-state index contributed by atoms with van der Waals surface area (Å²) >= 11 is 0. The zero-order valence-corrected chi connectivity index (χ0v) is 22.6. The molecule has 0 aliphatic carbocycles. The standard InChI is InChI=1S/C11H15.C9H13.C2H7Si.2ClH.Zr/c1-2-3-4-5-8-11-9-6-7-10-11;1-6-5-7(2)9(4)8(6)3;1-3-2;;;/h5-10H,2-4H2,1H3;5H,1-4H3;3H,1-2H3;2*1H;/q2*-1;;;;+4/p-2. The number of halogens is 2. The van der Waals surface area contributed by atoms with Crippen LogP contribution in [0.2, 0.25) is 13.1 Å². The summed E-state index contributed by atoms with van der Waals surface area (Å²) < 4.78 is 0. The molecule has 0 bridgehead atoms. The number of rotatable bonds is 4. The minimum absolute atomic E-state index is 0. The van der Waals surface area contributed by atoms with E-state index in [1.165, 1.54) is 47.1 Å². The second-order valence-corrected chi connectivity index (χ2v) is 7.26. The van der Waals surface area contributed by atoms with Gasteiger partial charge in [-0.15, -0.1) is 6.08 Å². The van der Waals surface area contributed by atoms with E-state index in [9.17, 15) is 0 Å². The molecule has 0 N–H and O–H groups in total. The van der Waals surface area contributed by atoms with Crippen molar-refractivity contribution in [1.82, 2.24) is 0 Å². The quantitative estimate of drug-likeness (QED) is 0.338. The molecule has 0 amide bonds. The van der Waals surface area contributed by atoms with E-state index in [0.29, 0.717) is 0 Å². The Morgan fingerprint density at radius 3 is 2.04 bits per heavy atom. The van der Waals surface area contributed by atoms with Crippen LogP contribution in [0.1, 0.15) is 54.0 Å². The zero-order valence-electron chi connectivity index (χ0n) is 17.5. The average Bonchev–Trinajstić information content (AvgIpc) is 3.11. The second kappa shape index (κ2) is 21.4. The predicted octanol–water partition coefficient (Wildman–Crippen LogP) is 0.773. The van der Waals surface area contributed by atoms with Gasteiger partial charge in [0.25, 0.3) is 0 Å². The molecule has 26 heavy (non-hydrogen) atoms. The van der Waals surface area contributed by atoms with Crippen LogP contribution in [0, 0.1) is 27.7 Å². The minimum atomic E-state index is 0. The van der Waals surface area contributed by atoms with Crippen molar-refractivity contribution in [1.29, 1.82) is 0 Å². The Hall–Kier alpha value is 0.120. The second-order valence-electron chi connectivity index (χ2n) is 6.10. The van der Waals surface area contributed by atoms with Gasteiger partial charge in [0.05, 0.1) is 0 Å². The Labute approximate surface area is 196 Å². The van der Waals surface area contributed by atoms with Crippen LogP contribution in [0.5, 0.6) is 0 Å². The van der Waals surface area contributed by atoms with E-state index in [1.54, 1.807) is 0 Å². The predicted molar refractivity (Wildman–Crippen MR) is 110 cm³/mol. The number of hydrogen-bond donors (Lipinski definition) is 0. The molecule has 0 heterocycles. The molecule has 4 heteroatoms. The maximum absolute atomic E-state index is 2.25. The molecule has 0 aliphatic rings. The van der Waals surface area contributed by atoms with Gasteiger partial charge in [-0.25, -0.2) is 6.07 Å². The molecule has 0 fully saturated rings. The molecule has 145 valence electrons. The smallest absolute Gasteiger partial charge is 1.00 e. The molecule has 0 atom stereocenters. The first-order valence-electron chi connectivity index (χ1n) is 8.80. The summed E-state index contributed by atoms with van der Waals surface area (Å²) in [5, 5.41) is 0. The topological polar surface area (TPSA) is 0 Å². The SMILES string of the molecule is CCCCC=Cc1cc[cH-]c1.C[SiH]C.Cc1c[c-](C)c(C)c1C.[Cl-].[Cl-].[Zr+4]. The van der Waals surface area contributed by atoms with Gasteiger partial charge in [-0.1, -0.05) is 66.6 Å². The number of hydrogen-bond acceptors (Lipinski definition) is 0. The van der Waals surface area contributed by atoms with Crippen molar-refractivity contribution < 1.29 is 51.0 Å². The Bertz CT molecular complexity index is 520. The molecule has 0 saturated heterocycles. The molecule has 0 unspecified atom stereocenters. The van der Waals surface area contributed by atoms with Gasteiger partial charge in [-0.05, 0) is 6.42 Å². The Kier molecular flexibility index (Phi) is 27.8. The third-order valence-electron chi connectivity index (χ3n) is 3.90. The van der Waals surface area contributed by atoms with Gasteiger partial charge in [0.1, 0.15) is 0 Å². The van der Waals surface area contributed by atoms with E-state index in [0.717, 1.165) is 9.52 Å². The maximum Gasteiger partial charge on any atom is 4.00 e. The van der Waals surface area contributed by atoms with Gasteiger partial charge in [-0.3, -0.25) is 0 Å². The molecular formula is C22H35Cl2SiZr. The van der Waals surface area contributed by atoms with Crippen LogP contribution in [0.3, 0.4) is 0 Å². The van der Waals surface area contributed by atoms with Gasteiger partial charge in [0.2, 0.25) is 0 Å². The van der Waals surface area contributed by atoms with Gasteiger partial charge < -0.3 is 24.8 Å². The first-order chi connectivity index (χ1) is 11.0. The molecule has 0 nitrogen and oxygen atoms in total. The van der Waals surface area contributed by atoms with Crippen LogP contribution in [-0.4, -0.2) is 9.52 Å². The summed E-state index contributed by atoms with van der Waals surface area (Å²) in [6.45, 7) is 15.3. The van der Waals surface area contributed by atoms with Crippen molar-refractivity contribution in [2.75, 3.05) is 0 Å². The van der Waals surface area contributed by atoms with Crippen molar-refractivity contribution >= 4 is 15.6 Å². The zero-order chi connectivity index (χ0) is 17.7. The van der Waals surface area contributed by atoms with Crippen LogP contribution < -0.4 is 24.8 Å². The Balaban J connectivity index is -0.000000148. The van der Waals surface area contributed by atoms with E-state index in [2.05, 4.69) is 90.2 Å². The van der Waals surface area contributed by atoms with Gasteiger partial charge in [-0.2, -0.15) is 52.1 Å². The van der Waals surface area contributed by atoms with E-state index in [1.807, 2.05) is 0 Å². The molecule has 0 aliphatic heterocycles. The third kappa shape index (κ3) is 15.2. The fourth-order valence-electron chi connectivity index (χ4n) is 2.17. The van der Waals surface area contributed by atoms with Gasteiger partial charge in [0.15, 0.2) is 0 Å². The third-order valence-corrected chi connectivity index (χ3v) is 3.90. The van der Waals surface area contributed by atoms with E-state index >= 15 is 0 Å². The summed E-state index contributed by atoms with van der Waals surface area (Å²) in [7, 11) is 0.750. The molecule has 0 spiro atoms. The average molecular weight is 490 g/mol. The van der Waals surface area contributed by atoms with E-state index in [-0.39, 0.29) is 51.0 Å². The van der Waals surface area contributed by atoms with Crippen molar-refractivity contribution in [2.45, 2.75) is 67.0 Å². The summed E-state index contributed by atoms with van der Waals surface area (Å²) in [5.74, 6) is 0. The molecular weight excluding hydrogens is 454 g/mol. The van der Waals surface area contributed by atoms with Crippen LogP contribution >= 0.6 is 0 Å². The fourth-order valence-corrected chi connectivity index (χ4v) is 2.17. The van der Waals surface area contributed by atoms with Gasteiger partial charge >= 0.3 is 26.2 Å². The molecule has 1 radical (unpaired) electrons. The van der Waals surface area contributed by atoms with Crippen LogP contribution in [0.15, 0.2) is 36.4 Å². The first kappa shape index (κ1) is 33.7. The van der Waals surface area contributed by atoms with Crippen LogP contribution in [0.25, 0.3) is 6.08 Å².